The second-order valence-corrected chi connectivity index (χ2v) is 3.30. The van der Waals surface area contributed by atoms with Crippen molar-refractivity contribution in [3.05, 3.63) is 42.2 Å². The minimum absolute atomic E-state index is 0.0556. The van der Waals surface area contributed by atoms with Crippen LogP contribution in [0.1, 0.15) is 23.2 Å². The minimum Gasteiger partial charge on any atom is -0.289 e. The molecule has 2 nitrogen and oxygen atoms in total. The summed E-state index contributed by atoms with van der Waals surface area (Å²) < 4.78 is 0. The molecule has 2 rings (SSSR count). The molecule has 66 valence electrons. The summed E-state index contributed by atoms with van der Waals surface area (Å²) in [6.45, 7) is 0. The fourth-order valence-electron chi connectivity index (χ4n) is 1.12. The molecule has 2 heteroatoms. The summed E-state index contributed by atoms with van der Waals surface area (Å²) in [6, 6.07) is 3.56. The Morgan fingerprint density at radius 1 is 1.54 bits per heavy atom. The number of hydrogen-bond donors (Lipinski definition) is 0. The Kier molecular flexibility index (Phi) is 2.21. The Labute approximate surface area is 77.3 Å². The second kappa shape index (κ2) is 3.52. The van der Waals surface area contributed by atoms with E-state index in [2.05, 4.69) is 4.98 Å². The van der Waals surface area contributed by atoms with Crippen LogP contribution >= 0.6 is 0 Å². The van der Waals surface area contributed by atoms with Crippen LogP contribution in [-0.4, -0.2) is 10.8 Å². The molecular weight excluding hydrogens is 162 g/mol. The van der Waals surface area contributed by atoms with E-state index in [1.807, 2.05) is 6.08 Å². The zero-order valence-corrected chi connectivity index (χ0v) is 7.31. The van der Waals surface area contributed by atoms with Crippen LogP contribution in [0.2, 0.25) is 0 Å². The van der Waals surface area contributed by atoms with Gasteiger partial charge < -0.3 is 0 Å². The topological polar surface area (TPSA) is 30.0 Å². The van der Waals surface area contributed by atoms with Crippen molar-refractivity contribution in [3.63, 3.8) is 0 Å². The Morgan fingerprint density at radius 2 is 2.38 bits per heavy atom. The highest BCUT2D eigenvalue weighted by Gasteiger charge is 2.17. The standard InChI is InChI=1S/C11H11NO/c13-11(6-5-9-3-4-9)10-2-1-7-12-8-10/h1-2,5-9H,3-4H2/b6-5+. The summed E-state index contributed by atoms with van der Waals surface area (Å²) >= 11 is 0. The van der Waals surface area contributed by atoms with Gasteiger partial charge in [0.15, 0.2) is 5.78 Å². The lowest BCUT2D eigenvalue weighted by Gasteiger charge is -1.92. The third-order valence-electron chi connectivity index (χ3n) is 2.09. The molecule has 1 aromatic rings. The Morgan fingerprint density at radius 3 is 3.00 bits per heavy atom. The summed E-state index contributed by atoms with van der Waals surface area (Å²) in [7, 11) is 0. The van der Waals surface area contributed by atoms with E-state index in [9.17, 15) is 4.79 Å². The minimum atomic E-state index is 0.0556. The maximum atomic E-state index is 11.5. The van der Waals surface area contributed by atoms with E-state index >= 15 is 0 Å². The lowest BCUT2D eigenvalue weighted by molar-refractivity contribution is 0.104. The van der Waals surface area contributed by atoms with Crippen molar-refractivity contribution in [2.75, 3.05) is 0 Å². The van der Waals surface area contributed by atoms with Gasteiger partial charge in [-0.2, -0.15) is 0 Å². The first-order valence-corrected chi connectivity index (χ1v) is 4.49. The van der Waals surface area contributed by atoms with Gasteiger partial charge in [-0.25, -0.2) is 0 Å². The first-order chi connectivity index (χ1) is 6.36. The number of rotatable bonds is 3. The lowest BCUT2D eigenvalue weighted by Crippen LogP contribution is -1.94. The van der Waals surface area contributed by atoms with Crippen molar-refractivity contribution in [1.29, 1.82) is 0 Å². The summed E-state index contributed by atoms with van der Waals surface area (Å²) in [5.74, 6) is 0.709. The van der Waals surface area contributed by atoms with E-state index in [1.54, 1.807) is 30.6 Å². The van der Waals surface area contributed by atoms with Crippen molar-refractivity contribution in [1.82, 2.24) is 4.98 Å². The monoisotopic (exact) mass is 173 g/mol. The van der Waals surface area contributed by atoms with Crippen molar-refractivity contribution < 1.29 is 4.79 Å². The van der Waals surface area contributed by atoms with E-state index in [4.69, 9.17) is 0 Å². The number of allylic oxidation sites excluding steroid dienone is 2. The van der Waals surface area contributed by atoms with Crippen LogP contribution in [0.4, 0.5) is 0 Å². The summed E-state index contributed by atoms with van der Waals surface area (Å²) in [6.07, 6.45) is 9.39. The highest BCUT2D eigenvalue weighted by Crippen LogP contribution is 2.30. The van der Waals surface area contributed by atoms with Gasteiger partial charge in [0.2, 0.25) is 0 Å². The quantitative estimate of drug-likeness (QED) is 0.518. The largest absolute Gasteiger partial charge is 0.289 e. The highest BCUT2D eigenvalue weighted by atomic mass is 16.1. The van der Waals surface area contributed by atoms with Crippen LogP contribution in [0, 0.1) is 5.92 Å². The molecule has 0 saturated heterocycles. The number of carbonyl (C=O) groups is 1. The van der Waals surface area contributed by atoms with E-state index < -0.39 is 0 Å². The Bertz CT molecular complexity index is 325. The lowest BCUT2D eigenvalue weighted by atomic mass is 10.2. The number of aromatic nitrogens is 1. The van der Waals surface area contributed by atoms with Gasteiger partial charge in [-0.05, 0) is 37.0 Å². The van der Waals surface area contributed by atoms with E-state index in [0.29, 0.717) is 11.5 Å². The fraction of sp³-hybridized carbons (Fsp3) is 0.273. The highest BCUT2D eigenvalue weighted by molar-refractivity contribution is 6.04. The molecule has 1 fully saturated rings. The second-order valence-electron chi connectivity index (χ2n) is 3.30. The van der Waals surface area contributed by atoms with Gasteiger partial charge in [0, 0.05) is 18.0 Å². The van der Waals surface area contributed by atoms with Crippen molar-refractivity contribution in [2.45, 2.75) is 12.8 Å². The first kappa shape index (κ1) is 8.17. The van der Waals surface area contributed by atoms with Gasteiger partial charge in [-0.3, -0.25) is 9.78 Å². The zero-order valence-electron chi connectivity index (χ0n) is 7.31. The predicted molar refractivity (Wildman–Crippen MR) is 50.4 cm³/mol. The molecule has 1 saturated carbocycles. The van der Waals surface area contributed by atoms with Gasteiger partial charge in [0.25, 0.3) is 0 Å². The van der Waals surface area contributed by atoms with Crippen LogP contribution in [-0.2, 0) is 0 Å². The Hall–Kier alpha value is -1.44. The molecular formula is C11H11NO. The third-order valence-corrected chi connectivity index (χ3v) is 2.09. The molecule has 1 aliphatic carbocycles. The summed E-state index contributed by atoms with van der Waals surface area (Å²) in [5.41, 5.74) is 0.666. The van der Waals surface area contributed by atoms with Crippen LogP contribution in [0.3, 0.4) is 0 Å². The molecule has 1 aliphatic rings. The van der Waals surface area contributed by atoms with E-state index in [0.717, 1.165) is 0 Å². The van der Waals surface area contributed by atoms with Gasteiger partial charge in [-0.1, -0.05) is 6.08 Å². The van der Waals surface area contributed by atoms with Crippen molar-refractivity contribution in [3.8, 4) is 0 Å². The summed E-state index contributed by atoms with van der Waals surface area (Å²) in [5, 5.41) is 0. The third kappa shape index (κ3) is 2.25. The molecule has 0 aliphatic heterocycles. The predicted octanol–water partition coefficient (Wildman–Crippen LogP) is 2.23. The Balaban J connectivity index is 2.04. The molecule has 0 radical (unpaired) electrons. The SMILES string of the molecule is O=C(/C=C/C1CC1)c1cccnc1. The number of pyridine rings is 1. The van der Waals surface area contributed by atoms with Gasteiger partial charge >= 0.3 is 0 Å². The maximum absolute atomic E-state index is 11.5. The van der Waals surface area contributed by atoms with Gasteiger partial charge in [0.05, 0.1) is 0 Å². The normalized spacial score (nSPS) is 16.3. The van der Waals surface area contributed by atoms with Crippen LogP contribution in [0.25, 0.3) is 0 Å². The zero-order chi connectivity index (χ0) is 9.10. The summed E-state index contributed by atoms with van der Waals surface area (Å²) in [4.78, 5) is 15.3. The number of nitrogens with zero attached hydrogens (tertiary/aromatic N) is 1. The number of ketones is 1. The van der Waals surface area contributed by atoms with Gasteiger partial charge in [-0.15, -0.1) is 0 Å². The maximum Gasteiger partial charge on any atom is 0.187 e. The average Bonchev–Trinajstić information content (AvgIpc) is 2.99. The molecule has 0 atom stereocenters. The van der Waals surface area contributed by atoms with Crippen molar-refractivity contribution in [2.24, 2.45) is 5.92 Å². The number of carbonyl (C=O) groups excluding carboxylic acids is 1. The molecule has 1 heterocycles. The molecule has 0 bridgehead atoms. The van der Waals surface area contributed by atoms with Crippen LogP contribution < -0.4 is 0 Å². The molecule has 1 aromatic heterocycles. The van der Waals surface area contributed by atoms with E-state index in [1.165, 1.54) is 12.8 Å². The molecule has 0 spiro atoms. The smallest absolute Gasteiger partial charge is 0.187 e. The van der Waals surface area contributed by atoms with Crippen LogP contribution in [0.15, 0.2) is 36.7 Å². The molecule has 0 amide bonds. The average molecular weight is 173 g/mol. The van der Waals surface area contributed by atoms with Crippen molar-refractivity contribution >= 4 is 5.78 Å². The van der Waals surface area contributed by atoms with Crippen LogP contribution in [0.5, 0.6) is 0 Å². The first-order valence-electron chi connectivity index (χ1n) is 4.49. The fourth-order valence-corrected chi connectivity index (χ4v) is 1.12. The molecule has 0 N–H and O–H groups in total. The van der Waals surface area contributed by atoms with E-state index in [-0.39, 0.29) is 5.78 Å². The molecule has 0 unspecified atom stereocenters. The molecule has 0 aromatic carbocycles. The molecule has 13 heavy (non-hydrogen) atoms. The number of hydrogen-bond acceptors (Lipinski definition) is 2. The van der Waals surface area contributed by atoms with Gasteiger partial charge in [0.1, 0.15) is 0 Å².